The summed E-state index contributed by atoms with van der Waals surface area (Å²) < 4.78 is 37.1. The summed E-state index contributed by atoms with van der Waals surface area (Å²) in [5.41, 5.74) is 1.02. The van der Waals surface area contributed by atoms with Gasteiger partial charge in [0.05, 0.1) is 25.7 Å². The molecule has 0 saturated carbocycles. The number of halogens is 1. The molecule has 27 heavy (non-hydrogen) atoms. The molecule has 0 aliphatic carbocycles. The molecule has 0 aliphatic rings. The molecule has 2 rings (SSSR count). The first-order valence-corrected chi connectivity index (χ1v) is 9.94. The maximum absolute atomic E-state index is 12.3. The van der Waals surface area contributed by atoms with Crippen LogP contribution in [0.1, 0.15) is 5.56 Å². The number of methoxy groups -OCH3 is 2. The van der Waals surface area contributed by atoms with Crippen LogP contribution in [0.4, 0.5) is 0 Å². The zero-order chi connectivity index (χ0) is 19.9. The lowest BCUT2D eigenvalue weighted by Crippen LogP contribution is -2.37. The lowest BCUT2D eigenvalue weighted by Gasteiger charge is -2.11. The van der Waals surface area contributed by atoms with E-state index < -0.39 is 15.9 Å². The molecular formula is C18H21ClN2O5S. The summed E-state index contributed by atoms with van der Waals surface area (Å²) in [7, 11) is -0.986. The van der Waals surface area contributed by atoms with Crippen LogP contribution in [0.3, 0.4) is 0 Å². The molecule has 0 radical (unpaired) electrons. The van der Waals surface area contributed by atoms with Crippen molar-refractivity contribution in [2.75, 3.05) is 27.3 Å². The molecule has 0 aromatic heterocycles. The number of ether oxygens (including phenoxy) is 2. The minimum Gasteiger partial charge on any atom is -0.493 e. The van der Waals surface area contributed by atoms with Crippen molar-refractivity contribution >= 4 is 27.5 Å². The van der Waals surface area contributed by atoms with E-state index in [0.717, 1.165) is 5.56 Å². The minimum absolute atomic E-state index is 0.0193. The van der Waals surface area contributed by atoms with Crippen molar-refractivity contribution in [1.29, 1.82) is 0 Å². The largest absolute Gasteiger partial charge is 0.493 e. The fourth-order valence-electron chi connectivity index (χ4n) is 2.29. The van der Waals surface area contributed by atoms with Gasteiger partial charge in [-0.2, -0.15) is 0 Å². The van der Waals surface area contributed by atoms with Crippen LogP contribution < -0.4 is 19.5 Å². The molecule has 0 atom stereocenters. The Morgan fingerprint density at radius 2 is 1.70 bits per heavy atom. The smallest absolute Gasteiger partial charge is 0.241 e. The van der Waals surface area contributed by atoms with E-state index in [4.69, 9.17) is 21.1 Å². The maximum atomic E-state index is 12.3. The summed E-state index contributed by atoms with van der Waals surface area (Å²) in [6.07, 6.45) is 0.616. The summed E-state index contributed by atoms with van der Waals surface area (Å²) in [6, 6.07) is 11.5. The van der Waals surface area contributed by atoms with Crippen LogP contribution in [-0.2, 0) is 21.2 Å². The van der Waals surface area contributed by atoms with Gasteiger partial charge in [-0.05, 0) is 36.2 Å². The molecule has 146 valence electrons. The number of benzene rings is 2. The fraction of sp³-hybridized carbons (Fsp3) is 0.278. The van der Waals surface area contributed by atoms with Crippen LogP contribution >= 0.6 is 11.6 Å². The maximum Gasteiger partial charge on any atom is 0.241 e. The number of sulfonamides is 1. The topological polar surface area (TPSA) is 93.7 Å². The Hall–Kier alpha value is -2.29. The molecule has 7 nitrogen and oxygen atoms in total. The molecule has 0 heterocycles. The van der Waals surface area contributed by atoms with Gasteiger partial charge in [0.1, 0.15) is 0 Å². The van der Waals surface area contributed by atoms with Crippen molar-refractivity contribution in [2.24, 2.45) is 0 Å². The summed E-state index contributed by atoms with van der Waals surface area (Å²) in [6.45, 7) is 0.0237. The normalized spacial score (nSPS) is 11.1. The van der Waals surface area contributed by atoms with Gasteiger partial charge in [0, 0.05) is 17.6 Å². The number of rotatable bonds is 9. The van der Waals surface area contributed by atoms with Crippen LogP contribution in [0, 0.1) is 0 Å². The third-order valence-electron chi connectivity index (χ3n) is 3.74. The van der Waals surface area contributed by atoms with E-state index >= 15 is 0 Å². The Labute approximate surface area is 163 Å². The molecule has 0 spiro atoms. The average Bonchev–Trinajstić information content (AvgIpc) is 2.67. The second-order valence-electron chi connectivity index (χ2n) is 5.57. The van der Waals surface area contributed by atoms with Gasteiger partial charge in [-0.25, -0.2) is 13.1 Å². The first kappa shape index (κ1) is 21.0. The molecule has 9 heteroatoms. The zero-order valence-electron chi connectivity index (χ0n) is 15.0. The number of hydrogen-bond donors (Lipinski definition) is 2. The molecule has 2 N–H and O–H groups in total. The fourth-order valence-corrected chi connectivity index (χ4v) is 3.41. The van der Waals surface area contributed by atoms with Crippen molar-refractivity contribution in [3.05, 3.63) is 53.1 Å². The molecule has 0 fully saturated rings. The SMILES string of the molecule is COc1ccc(S(=O)(=O)NCC(=O)NCCc2ccc(Cl)cc2)cc1OC. The van der Waals surface area contributed by atoms with E-state index in [2.05, 4.69) is 10.0 Å². The molecule has 0 aliphatic heterocycles. The third-order valence-corrected chi connectivity index (χ3v) is 5.39. The Bertz CT molecular complexity index is 885. The molecule has 0 bridgehead atoms. The van der Waals surface area contributed by atoms with Crippen LogP contribution in [0.5, 0.6) is 11.5 Å². The van der Waals surface area contributed by atoms with Crippen molar-refractivity contribution in [1.82, 2.24) is 10.0 Å². The highest BCUT2D eigenvalue weighted by atomic mass is 35.5. The average molecular weight is 413 g/mol. The molecule has 2 aromatic carbocycles. The van der Waals surface area contributed by atoms with Gasteiger partial charge < -0.3 is 14.8 Å². The van der Waals surface area contributed by atoms with E-state index in [0.29, 0.717) is 23.7 Å². The summed E-state index contributed by atoms with van der Waals surface area (Å²) in [5, 5.41) is 3.31. The minimum atomic E-state index is -3.86. The highest BCUT2D eigenvalue weighted by Gasteiger charge is 2.18. The van der Waals surface area contributed by atoms with Gasteiger partial charge in [-0.1, -0.05) is 23.7 Å². The molecular weight excluding hydrogens is 392 g/mol. The van der Waals surface area contributed by atoms with E-state index in [1.807, 2.05) is 12.1 Å². The monoisotopic (exact) mass is 412 g/mol. The second-order valence-corrected chi connectivity index (χ2v) is 7.77. The number of amides is 1. The van der Waals surface area contributed by atoms with Crippen molar-refractivity contribution in [2.45, 2.75) is 11.3 Å². The van der Waals surface area contributed by atoms with E-state index in [9.17, 15) is 13.2 Å². The Balaban J connectivity index is 1.87. The van der Waals surface area contributed by atoms with Crippen molar-refractivity contribution in [3.8, 4) is 11.5 Å². The molecule has 0 saturated heterocycles. The quantitative estimate of drug-likeness (QED) is 0.657. The van der Waals surface area contributed by atoms with Gasteiger partial charge in [0.25, 0.3) is 0 Å². The third kappa shape index (κ3) is 6.13. The van der Waals surface area contributed by atoms with E-state index in [1.54, 1.807) is 12.1 Å². The number of hydrogen-bond acceptors (Lipinski definition) is 5. The van der Waals surface area contributed by atoms with Gasteiger partial charge in [-0.3, -0.25) is 4.79 Å². The standard InChI is InChI=1S/C18H21ClN2O5S/c1-25-16-8-7-15(11-17(16)26-2)27(23,24)21-12-18(22)20-10-9-13-3-5-14(19)6-4-13/h3-8,11,21H,9-10,12H2,1-2H3,(H,20,22). The van der Waals surface area contributed by atoms with Crippen LogP contribution in [0.25, 0.3) is 0 Å². The zero-order valence-corrected chi connectivity index (χ0v) is 16.6. The highest BCUT2D eigenvalue weighted by Crippen LogP contribution is 2.29. The lowest BCUT2D eigenvalue weighted by atomic mass is 10.1. The number of carbonyl (C=O) groups is 1. The van der Waals surface area contributed by atoms with Crippen LogP contribution in [-0.4, -0.2) is 41.6 Å². The van der Waals surface area contributed by atoms with Gasteiger partial charge in [0.15, 0.2) is 11.5 Å². The predicted molar refractivity (Wildman–Crippen MR) is 103 cm³/mol. The van der Waals surface area contributed by atoms with Gasteiger partial charge in [-0.15, -0.1) is 0 Å². The highest BCUT2D eigenvalue weighted by molar-refractivity contribution is 7.89. The number of nitrogens with one attached hydrogen (secondary N) is 2. The predicted octanol–water partition coefficient (Wildman–Crippen LogP) is 1.99. The lowest BCUT2D eigenvalue weighted by molar-refractivity contribution is -0.119. The summed E-state index contributed by atoms with van der Waals surface area (Å²) in [4.78, 5) is 11.9. The number of carbonyl (C=O) groups excluding carboxylic acids is 1. The summed E-state index contributed by atoms with van der Waals surface area (Å²) in [5.74, 6) is 0.275. The molecule has 0 unspecified atom stereocenters. The first-order chi connectivity index (χ1) is 12.9. The Kier molecular flexibility index (Phi) is 7.46. The van der Waals surface area contributed by atoms with Crippen LogP contribution in [0.15, 0.2) is 47.4 Å². The first-order valence-electron chi connectivity index (χ1n) is 8.08. The second kappa shape index (κ2) is 9.59. The van der Waals surface area contributed by atoms with Crippen molar-refractivity contribution in [3.63, 3.8) is 0 Å². The van der Waals surface area contributed by atoms with E-state index in [1.165, 1.54) is 32.4 Å². The van der Waals surface area contributed by atoms with Crippen molar-refractivity contribution < 1.29 is 22.7 Å². The van der Waals surface area contributed by atoms with Crippen LogP contribution in [0.2, 0.25) is 5.02 Å². The van der Waals surface area contributed by atoms with Gasteiger partial charge >= 0.3 is 0 Å². The van der Waals surface area contributed by atoms with E-state index in [-0.39, 0.29) is 17.2 Å². The Morgan fingerprint density at radius 3 is 2.33 bits per heavy atom. The Morgan fingerprint density at radius 1 is 1.04 bits per heavy atom. The summed E-state index contributed by atoms with van der Waals surface area (Å²) >= 11 is 5.82. The molecule has 2 aromatic rings. The van der Waals surface area contributed by atoms with Gasteiger partial charge in [0.2, 0.25) is 15.9 Å². The molecule has 1 amide bonds.